The van der Waals surface area contributed by atoms with Crippen LogP contribution in [0.3, 0.4) is 0 Å². The molecule has 2 amide bonds. The lowest BCUT2D eigenvalue weighted by Gasteiger charge is -2.07. The number of carbonyl (C=O) groups is 2. The van der Waals surface area contributed by atoms with Crippen molar-refractivity contribution in [2.75, 3.05) is 10.6 Å². The van der Waals surface area contributed by atoms with E-state index < -0.39 is 0 Å². The van der Waals surface area contributed by atoms with Crippen molar-refractivity contribution in [1.82, 2.24) is 0 Å². The van der Waals surface area contributed by atoms with Crippen molar-refractivity contribution in [2.24, 2.45) is 0 Å². The molecule has 1 aromatic carbocycles. The highest BCUT2D eigenvalue weighted by atomic mass is 16.3. The van der Waals surface area contributed by atoms with Crippen LogP contribution in [0.15, 0.2) is 30.9 Å². The van der Waals surface area contributed by atoms with Crippen molar-refractivity contribution < 1.29 is 14.7 Å². The van der Waals surface area contributed by atoms with E-state index in [4.69, 9.17) is 0 Å². The average Bonchev–Trinajstić information content (AvgIpc) is 2.21. The van der Waals surface area contributed by atoms with Crippen molar-refractivity contribution in [2.45, 2.75) is 6.92 Å². The number of amides is 2. The maximum atomic E-state index is 11.0. The molecule has 0 aliphatic rings. The van der Waals surface area contributed by atoms with E-state index in [1.54, 1.807) is 6.07 Å². The van der Waals surface area contributed by atoms with Crippen LogP contribution < -0.4 is 10.6 Å². The summed E-state index contributed by atoms with van der Waals surface area (Å²) in [4.78, 5) is 21.7. The third kappa shape index (κ3) is 3.13. The predicted octanol–water partition coefficient (Wildman–Crippen LogP) is 1.48. The van der Waals surface area contributed by atoms with Gasteiger partial charge in [-0.2, -0.15) is 0 Å². The number of aromatic hydroxyl groups is 1. The Hall–Kier alpha value is -2.30. The average molecular weight is 220 g/mol. The SMILES string of the molecule is C=CC(=O)Nc1ccc(NC(C)=O)c(O)c1. The third-order valence-corrected chi connectivity index (χ3v) is 1.76. The van der Waals surface area contributed by atoms with Crippen LogP contribution in [0.2, 0.25) is 0 Å². The van der Waals surface area contributed by atoms with Crippen molar-refractivity contribution in [3.8, 4) is 5.75 Å². The molecule has 3 N–H and O–H groups in total. The van der Waals surface area contributed by atoms with Crippen molar-refractivity contribution >= 4 is 23.2 Å². The Morgan fingerprint density at radius 2 is 2.06 bits per heavy atom. The van der Waals surface area contributed by atoms with E-state index >= 15 is 0 Å². The Morgan fingerprint density at radius 3 is 2.56 bits per heavy atom. The zero-order valence-corrected chi connectivity index (χ0v) is 8.78. The lowest BCUT2D eigenvalue weighted by Crippen LogP contribution is -2.08. The Morgan fingerprint density at radius 1 is 1.38 bits per heavy atom. The highest BCUT2D eigenvalue weighted by Gasteiger charge is 2.04. The Kier molecular flexibility index (Phi) is 3.66. The summed E-state index contributed by atoms with van der Waals surface area (Å²) in [6, 6.07) is 4.40. The number of phenols is 1. The molecule has 0 aliphatic heterocycles. The molecule has 5 nitrogen and oxygen atoms in total. The van der Waals surface area contributed by atoms with Gasteiger partial charge in [-0.05, 0) is 18.2 Å². The van der Waals surface area contributed by atoms with Gasteiger partial charge in [-0.25, -0.2) is 0 Å². The summed E-state index contributed by atoms with van der Waals surface area (Å²) in [6.45, 7) is 4.64. The predicted molar refractivity (Wildman–Crippen MR) is 61.2 cm³/mol. The summed E-state index contributed by atoms with van der Waals surface area (Å²) in [5.41, 5.74) is 0.723. The van der Waals surface area contributed by atoms with Crippen LogP contribution in [0.4, 0.5) is 11.4 Å². The molecule has 0 spiro atoms. The number of benzene rings is 1. The Bertz CT molecular complexity index is 441. The largest absolute Gasteiger partial charge is 0.506 e. The topological polar surface area (TPSA) is 78.4 Å². The molecule has 0 bridgehead atoms. The highest BCUT2D eigenvalue weighted by molar-refractivity contribution is 5.99. The lowest BCUT2D eigenvalue weighted by atomic mass is 10.2. The van der Waals surface area contributed by atoms with E-state index in [0.717, 1.165) is 6.08 Å². The van der Waals surface area contributed by atoms with Gasteiger partial charge in [-0.15, -0.1) is 0 Å². The number of phenolic OH excluding ortho intramolecular Hbond substituents is 1. The minimum absolute atomic E-state index is 0.114. The van der Waals surface area contributed by atoms with E-state index in [0.29, 0.717) is 11.4 Å². The van der Waals surface area contributed by atoms with Gasteiger partial charge in [0, 0.05) is 18.7 Å². The molecular formula is C11H12N2O3. The van der Waals surface area contributed by atoms with Crippen LogP contribution in [0.5, 0.6) is 5.75 Å². The molecular weight excluding hydrogens is 208 g/mol. The number of carbonyl (C=O) groups excluding carboxylic acids is 2. The number of rotatable bonds is 3. The van der Waals surface area contributed by atoms with Gasteiger partial charge >= 0.3 is 0 Å². The van der Waals surface area contributed by atoms with Crippen molar-refractivity contribution in [1.29, 1.82) is 0 Å². The first-order valence-corrected chi connectivity index (χ1v) is 4.57. The van der Waals surface area contributed by atoms with Gasteiger partial charge in [0.05, 0.1) is 5.69 Å². The summed E-state index contributed by atoms with van der Waals surface area (Å²) < 4.78 is 0. The molecule has 0 saturated heterocycles. The first kappa shape index (κ1) is 11.8. The molecule has 0 aromatic heterocycles. The van der Waals surface area contributed by atoms with Gasteiger partial charge in [0.1, 0.15) is 5.75 Å². The van der Waals surface area contributed by atoms with Crippen LogP contribution in [-0.4, -0.2) is 16.9 Å². The zero-order valence-electron chi connectivity index (χ0n) is 8.78. The van der Waals surface area contributed by atoms with Crippen LogP contribution >= 0.6 is 0 Å². The first-order valence-electron chi connectivity index (χ1n) is 4.57. The van der Waals surface area contributed by atoms with Crippen LogP contribution in [-0.2, 0) is 9.59 Å². The van der Waals surface area contributed by atoms with Gasteiger partial charge in [0.25, 0.3) is 0 Å². The second-order valence-corrected chi connectivity index (χ2v) is 3.11. The molecule has 0 unspecified atom stereocenters. The number of hydrogen-bond donors (Lipinski definition) is 3. The Labute approximate surface area is 92.8 Å². The number of anilines is 2. The number of hydrogen-bond acceptors (Lipinski definition) is 3. The summed E-state index contributed by atoms with van der Waals surface area (Å²) >= 11 is 0. The molecule has 5 heteroatoms. The monoisotopic (exact) mass is 220 g/mol. The fourth-order valence-electron chi connectivity index (χ4n) is 1.10. The smallest absolute Gasteiger partial charge is 0.247 e. The molecule has 0 radical (unpaired) electrons. The maximum Gasteiger partial charge on any atom is 0.247 e. The molecule has 0 fully saturated rings. The van der Waals surface area contributed by atoms with E-state index in [2.05, 4.69) is 17.2 Å². The lowest BCUT2D eigenvalue weighted by molar-refractivity contribution is -0.114. The normalized spacial score (nSPS) is 9.31. The standard InChI is InChI=1S/C11H12N2O3/c1-3-11(16)13-8-4-5-9(10(15)6-8)12-7(2)14/h3-6,15H,1H2,2H3,(H,12,14)(H,13,16). The van der Waals surface area contributed by atoms with E-state index in [9.17, 15) is 14.7 Å². The second kappa shape index (κ2) is 4.97. The second-order valence-electron chi connectivity index (χ2n) is 3.11. The first-order chi connectivity index (χ1) is 7.52. The van der Waals surface area contributed by atoms with E-state index in [1.807, 2.05) is 0 Å². The molecule has 0 aliphatic carbocycles. The van der Waals surface area contributed by atoms with Gasteiger partial charge in [-0.3, -0.25) is 9.59 Å². The van der Waals surface area contributed by atoms with Crippen molar-refractivity contribution in [3.63, 3.8) is 0 Å². The highest BCUT2D eigenvalue weighted by Crippen LogP contribution is 2.26. The van der Waals surface area contributed by atoms with Crippen LogP contribution in [0.1, 0.15) is 6.92 Å². The summed E-state index contributed by atoms with van der Waals surface area (Å²) in [5.74, 6) is -0.762. The summed E-state index contributed by atoms with van der Waals surface area (Å²) in [6.07, 6.45) is 1.12. The quantitative estimate of drug-likeness (QED) is 0.533. The molecule has 16 heavy (non-hydrogen) atoms. The zero-order chi connectivity index (χ0) is 12.1. The third-order valence-electron chi connectivity index (χ3n) is 1.76. The molecule has 1 rings (SSSR count). The fraction of sp³-hybridized carbons (Fsp3) is 0.0909. The van der Waals surface area contributed by atoms with Gasteiger partial charge in [0.2, 0.25) is 11.8 Å². The van der Waals surface area contributed by atoms with Gasteiger partial charge in [-0.1, -0.05) is 6.58 Å². The molecule has 0 saturated carbocycles. The summed E-state index contributed by atoms with van der Waals surface area (Å²) in [7, 11) is 0. The van der Waals surface area contributed by atoms with Crippen molar-refractivity contribution in [3.05, 3.63) is 30.9 Å². The van der Waals surface area contributed by atoms with E-state index in [1.165, 1.54) is 19.1 Å². The minimum atomic E-state index is -0.369. The number of nitrogens with one attached hydrogen (secondary N) is 2. The van der Waals surface area contributed by atoms with Crippen LogP contribution in [0.25, 0.3) is 0 Å². The summed E-state index contributed by atoms with van der Waals surface area (Å²) in [5, 5.41) is 14.5. The Balaban J connectivity index is 2.86. The maximum absolute atomic E-state index is 11.0. The fourth-order valence-corrected chi connectivity index (χ4v) is 1.10. The molecule has 0 atom stereocenters. The van der Waals surface area contributed by atoms with Gasteiger partial charge in [0.15, 0.2) is 0 Å². The molecule has 1 aromatic rings. The molecule has 0 heterocycles. The van der Waals surface area contributed by atoms with Gasteiger partial charge < -0.3 is 15.7 Å². The van der Waals surface area contributed by atoms with Crippen LogP contribution in [0, 0.1) is 0 Å². The molecule has 84 valence electrons. The van der Waals surface area contributed by atoms with E-state index in [-0.39, 0.29) is 17.6 Å². The minimum Gasteiger partial charge on any atom is -0.506 e.